The topological polar surface area (TPSA) is 103 Å². The van der Waals surface area contributed by atoms with E-state index in [9.17, 15) is 0 Å². The lowest BCUT2D eigenvalue weighted by Gasteiger charge is -2.06. The summed E-state index contributed by atoms with van der Waals surface area (Å²) in [5, 5.41) is 6.96. The van der Waals surface area contributed by atoms with Crippen LogP contribution in [0.2, 0.25) is 0 Å². The number of aromatic nitrogens is 4. The van der Waals surface area contributed by atoms with Crippen molar-refractivity contribution in [2.45, 2.75) is 20.3 Å². The summed E-state index contributed by atoms with van der Waals surface area (Å²) in [6.07, 6.45) is 2.35. The van der Waals surface area contributed by atoms with E-state index in [2.05, 4.69) is 25.4 Å². The molecular formula is C10H14N6O. The molecule has 7 heteroatoms. The van der Waals surface area contributed by atoms with Gasteiger partial charge in [-0.15, -0.1) is 0 Å². The fourth-order valence-corrected chi connectivity index (χ4v) is 1.37. The van der Waals surface area contributed by atoms with E-state index in [1.54, 1.807) is 13.1 Å². The first-order valence-corrected chi connectivity index (χ1v) is 5.27. The number of aryl methyl sites for hydroxylation is 2. The quantitative estimate of drug-likeness (QED) is 0.803. The van der Waals surface area contributed by atoms with Gasteiger partial charge in [0.15, 0.2) is 5.82 Å². The molecule has 90 valence electrons. The summed E-state index contributed by atoms with van der Waals surface area (Å²) in [5.41, 5.74) is 6.46. The highest BCUT2D eigenvalue weighted by Gasteiger charge is 2.04. The Balaban J connectivity index is 1.91. The van der Waals surface area contributed by atoms with Crippen LogP contribution in [0.4, 0.5) is 11.8 Å². The van der Waals surface area contributed by atoms with Crippen molar-refractivity contribution in [1.29, 1.82) is 0 Å². The molecule has 0 aliphatic heterocycles. The second-order valence-corrected chi connectivity index (χ2v) is 3.67. The minimum Gasteiger partial charge on any atom is -0.369 e. The van der Waals surface area contributed by atoms with Gasteiger partial charge in [-0.3, -0.25) is 0 Å². The van der Waals surface area contributed by atoms with Crippen LogP contribution >= 0.6 is 0 Å². The number of nitrogens with one attached hydrogen (secondary N) is 1. The zero-order valence-corrected chi connectivity index (χ0v) is 9.77. The van der Waals surface area contributed by atoms with Gasteiger partial charge in [-0.25, -0.2) is 4.98 Å². The van der Waals surface area contributed by atoms with E-state index in [4.69, 9.17) is 10.3 Å². The molecule has 0 radical (unpaired) electrons. The van der Waals surface area contributed by atoms with Crippen molar-refractivity contribution in [2.24, 2.45) is 0 Å². The Morgan fingerprint density at radius 3 is 2.88 bits per heavy atom. The molecule has 0 amide bonds. The number of hydrogen-bond donors (Lipinski definition) is 2. The van der Waals surface area contributed by atoms with Crippen molar-refractivity contribution in [2.75, 3.05) is 17.6 Å². The summed E-state index contributed by atoms with van der Waals surface area (Å²) < 4.78 is 4.88. The summed E-state index contributed by atoms with van der Waals surface area (Å²) in [6.45, 7) is 4.34. The first-order chi connectivity index (χ1) is 8.15. The molecule has 0 unspecified atom stereocenters. The molecule has 0 saturated carbocycles. The van der Waals surface area contributed by atoms with Crippen molar-refractivity contribution < 1.29 is 4.52 Å². The van der Waals surface area contributed by atoms with Gasteiger partial charge in [-0.2, -0.15) is 9.97 Å². The van der Waals surface area contributed by atoms with Crippen molar-refractivity contribution in [3.05, 3.63) is 23.5 Å². The van der Waals surface area contributed by atoms with Gasteiger partial charge in [0.05, 0.1) is 0 Å². The van der Waals surface area contributed by atoms with Crippen molar-refractivity contribution in [1.82, 2.24) is 20.1 Å². The second-order valence-electron chi connectivity index (χ2n) is 3.67. The van der Waals surface area contributed by atoms with E-state index in [0.29, 0.717) is 24.7 Å². The van der Waals surface area contributed by atoms with Crippen LogP contribution < -0.4 is 11.1 Å². The van der Waals surface area contributed by atoms with E-state index in [0.717, 1.165) is 11.4 Å². The molecule has 0 aliphatic rings. The maximum atomic E-state index is 5.51. The molecule has 0 bridgehead atoms. The molecule has 2 aromatic rings. The fourth-order valence-electron chi connectivity index (χ4n) is 1.37. The Labute approximate surface area is 98.5 Å². The number of hydrogen-bond acceptors (Lipinski definition) is 7. The first kappa shape index (κ1) is 11.3. The third-order valence-corrected chi connectivity index (χ3v) is 2.20. The SMILES string of the molecule is Cc1nc(CCNc2nc(N)ncc2C)no1. The fraction of sp³-hybridized carbons (Fsp3) is 0.400. The monoisotopic (exact) mass is 234 g/mol. The predicted octanol–water partition coefficient (Wildman–Crippen LogP) is 0.713. The minimum atomic E-state index is 0.258. The van der Waals surface area contributed by atoms with E-state index in [1.165, 1.54) is 0 Å². The highest BCUT2D eigenvalue weighted by Crippen LogP contribution is 2.10. The summed E-state index contributed by atoms with van der Waals surface area (Å²) in [7, 11) is 0. The van der Waals surface area contributed by atoms with E-state index >= 15 is 0 Å². The molecule has 7 nitrogen and oxygen atoms in total. The maximum absolute atomic E-state index is 5.51. The highest BCUT2D eigenvalue weighted by molar-refractivity contribution is 5.44. The predicted molar refractivity (Wildman–Crippen MR) is 62.4 cm³/mol. The van der Waals surface area contributed by atoms with Crippen molar-refractivity contribution >= 4 is 11.8 Å². The summed E-state index contributed by atoms with van der Waals surface area (Å²) in [4.78, 5) is 12.1. The summed E-state index contributed by atoms with van der Waals surface area (Å²) in [6, 6.07) is 0. The van der Waals surface area contributed by atoms with Crippen molar-refractivity contribution in [3.8, 4) is 0 Å². The minimum absolute atomic E-state index is 0.258. The van der Waals surface area contributed by atoms with E-state index in [-0.39, 0.29) is 5.95 Å². The Kier molecular flexibility index (Phi) is 3.17. The number of nitrogens with two attached hydrogens (primary N) is 1. The smallest absolute Gasteiger partial charge is 0.223 e. The Bertz CT molecular complexity index is 509. The average Bonchev–Trinajstić information content (AvgIpc) is 2.69. The first-order valence-electron chi connectivity index (χ1n) is 5.27. The highest BCUT2D eigenvalue weighted by atomic mass is 16.5. The van der Waals surface area contributed by atoms with Crippen molar-refractivity contribution in [3.63, 3.8) is 0 Å². The molecule has 17 heavy (non-hydrogen) atoms. The number of nitrogens with zero attached hydrogens (tertiary/aromatic N) is 4. The van der Waals surface area contributed by atoms with E-state index < -0.39 is 0 Å². The lowest BCUT2D eigenvalue weighted by molar-refractivity contribution is 0.387. The lowest BCUT2D eigenvalue weighted by Crippen LogP contribution is -2.10. The van der Waals surface area contributed by atoms with Crippen LogP contribution in [0.1, 0.15) is 17.3 Å². The van der Waals surface area contributed by atoms with Gasteiger partial charge in [-0.1, -0.05) is 5.16 Å². The van der Waals surface area contributed by atoms with Crippen LogP contribution in [0, 0.1) is 13.8 Å². The molecule has 0 spiro atoms. The summed E-state index contributed by atoms with van der Waals surface area (Å²) in [5.74, 6) is 2.24. The van der Waals surface area contributed by atoms with Gasteiger partial charge in [0.25, 0.3) is 0 Å². The van der Waals surface area contributed by atoms with Gasteiger partial charge in [0.2, 0.25) is 11.8 Å². The van der Waals surface area contributed by atoms with Crippen LogP contribution in [-0.2, 0) is 6.42 Å². The Morgan fingerprint density at radius 2 is 2.18 bits per heavy atom. The molecule has 0 atom stereocenters. The van der Waals surface area contributed by atoms with Gasteiger partial charge in [0.1, 0.15) is 5.82 Å². The molecule has 0 saturated heterocycles. The van der Waals surface area contributed by atoms with Gasteiger partial charge in [-0.05, 0) is 6.92 Å². The average molecular weight is 234 g/mol. The van der Waals surface area contributed by atoms with Gasteiger partial charge < -0.3 is 15.6 Å². The van der Waals surface area contributed by atoms with Crippen LogP contribution in [0.3, 0.4) is 0 Å². The molecule has 3 N–H and O–H groups in total. The lowest BCUT2D eigenvalue weighted by atomic mass is 10.3. The molecule has 2 rings (SSSR count). The third kappa shape index (κ3) is 2.90. The van der Waals surface area contributed by atoms with Gasteiger partial charge in [0, 0.05) is 31.6 Å². The molecule has 0 fully saturated rings. The standard InChI is InChI=1S/C10H14N6O/c1-6-5-13-10(11)15-9(6)12-4-3-8-14-7(2)17-16-8/h5H,3-4H2,1-2H3,(H3,11,12,13,15). The van der Waals surface area contributed by atoms with Crippen LogP contribution in [0.15, 0.2) is 10.7 Å². The third-order valence-electron chi connectivity index (χ3n) is 2.20. The zero-order chi connectivity index (χ0) is 12.3. The largest absolute Gasteiger partial charge is 0.369 e. The summed E-state index contributed by atoms with van der Waals surface area (Å²) >= 11 is 0. The normalized spacial score (nSPS) is 10.5. The molecular weight excluding hydrogens is 220 g/mol. The van der Waals surface area contributed by atoms with Crippen LogP contribution in [0.25, 0.3) is 0 Å². The Morgan fingerprint density at radius 1 is 1.35 bits per heavy atom. The van der Waals surface area contributed by atoms with Crippen LogP contribution in [0.5, 0.6) is 0 Å². The molecule has 2 aromatic heterocycles. The Hall–Kier alpha value is -2.18. The second kappa shape index (κ2) is 4.77. The number of rotatable bonds is 4. The van der Waals surface area contributed by atoms with Crippen LogP contribution in [-0.4, -0.2) is 26.7 Å². The van der Waals surface area contributed by atoms with Gasteiger partial charge >= 0.3 is 0 Å². The maximum Gasteiger partial charge on any atom is 0.223 e. The molecule has 0 aliphatic carbocycles. The zero-order valence-electron chi connectivity index (χ0n) is 9.77. The number of nitrogen functional groups attached to an aromatic ring is 1. The molecule has 0 aromatic carbocycles. The number of anilines is 2. The molecule has 2 heterocycles. The van der Waals surface area contributed by atoms with E-state index in [1.807, 2.05) is 6.92 Å².